The first-order chi connectivity index (χ1) is 12.2. The smallest absolute Gasteiger partial charge is 0.231 e. The maximum Gasteiger partial charge on any atom is 0.231 e. The van der Waals surface area contributed by atoms with Gasteiger partial charge in [-0.05, 0) is 35.7 Å². The fraction of sp³-hybridized carbons (Fsp3) is 0.250. The number of ether oxygens (including phenoxy) is 3. The van der Waals surface area contributed by atoms with Crippen molar-refractivity contribution < 1.29 is 24.1 Å². The monoisotopic (exact) mass is 340 g/mol. The predicted octanol–water partition coefficient (Wildman–Crippen LogP) is 2.87. The molecule has 0 bridgehead atoms. The highest BCUT2D eigenvalue weighted by atomic mass is 16.7. The second-order valence-electron chi connectivity index (χ2n) is 5.70. The topological polar surface area (TPSA) is 65.0 Å². The minimum Gasteiger partial charge on any atom is -0.489 e. The molecule has 0 fully saturated rings. The molecule has 5 nitrogen and oxygen atoms in total. The zero-order valence-corrected chi connectivity index (χ0v) is 13.8. The van der Waals surface area contributed by atoms with Crippen LogP contribution in [-0.4, -0.2) is 30.9 Å². The number of benzene rings is 2. The van der Waals surface area contributed by atoms with Gasteiger partial charge in [0.25, 0.3) is 0 Å². The fourth-order valence-electron chi connectivity index (χ4n) is 2.84. The van der Waals surface area contributed by atoms with Crippen LogP contribution in [0.1, 0.15) is 17.0 Å². The summed E-state index contributed by atoms with van der Waals surface area (Å²) in [5, 5.41) is 9.40. The summed E-state index contributed by atoms with van der Waals surface area (Å²) in [6.07, 6.45) is 2.09. The normalized spacial score (nSPS) is 13.3. The summed E-state index contributed by atoms with van der Waals surface area (Å²) < 4.78 is 16.4. The molecule has 0 spiro atoms. The summed E-state index contributed by atoms with van der Waals surface area (Å²) in [4.78, 5) is 12.4. The summed E-state index contributed by atoms with van der Waals surface area (Å²) in [6, 6.07) is 13.0. The predicted molar refractivity (Wildman–Crippen MR) is 93.2 cm³/mol. The minimum absolute atomic E-state index is 0.176. The zero-order valence-electron chi connectivity index (χ0n) is 13.8. The van der Waals surface area contributed by atoms with Gasteiger partial charge in [0, 0.05) is 5.92 Å². The molecule has 1 aliphatic rings. The first-order valence-corrected chi connectivity index (χ1v) is 8.07. The zero-order chi connectivity index (χ0) is 17.6. The van der Waals surface area contributed by atoms with Gasteiger partial charge in [0.05, 0.1) is 0 Å². The van der Waals surface area contributed by atoms with Gasteiger partial charge in [-0.1, -0.05) is 36.9 Å². The lowest BCUT2D eigenvalue weighted by atomic mass is 9.88. The number of carbonyl (C=O) groups excluding carboxylic acids is 1. The van der Waals surface area contributed by atoms with Gasteiger partial charge in [-0.3, -0.25) is 4.79 Å². The lowest BCUT2D eigenvalue weighted by Gasteiger charge is -2.18. The number of hydrogen-bond acceptors (Lipinski definition) is 5. The molecule has 0 aliphatic carbocycles. The lowest BCUT2D eigenvalue weighted by molar-refractivity contribution is -0.123. The van der Waals surface area contributed by atoms with Gasteiger partial charge in [-0.25, -0.2) is 0 Å². The van der Waals surface area contributed by atoms with E-state index in [0.29, 0.717) is 30.3 Å². The second-order valence-corrected chi connectivity index (χ2v) is 5.70. The van der Waals surface area contributed by atoms with Crippen LogP contribution in [0, 0.1) is 0 Å². The highest BCUT2D eigenvalue weighted by molar-refractivity contribution is 5.87. The van der Waals surface area contributed by atoms with Crippen LogP contribution in [0.25, 0.3) is 0 Å². The van der Waals surface area contributed by atoms with Gasteiger partial charge in [0.1, 0.15) is 19.0 Å². The average molecular weight is 340 g/mol. The first-order valence-electron chi connectivity index (χ1n) is 8.07. The molecule has 1 N–H and O–H groups in total. The summed E-state index contributed by atoms with van der Waals surface area (Å²) in [5.41, 5.74) is 1.68. The molecule has 5 heteroatoms. The molecule has 0 radical (unpaired) electrons. The van der Waals surface area contributed by atoms with Gasteiger partial charge in [-0.15, -0.1) is 0 Å². The number of Topliss-reactive ketones (excluding diaryl/α,β-unsaturated/α-hetero) is 1. The van der Waals surface area contributed by atoms with Crippen molar-refractivity contribution in [2.75, 3.05) is 20.0 Å². The van der Waals surface area contributed by atoms with Crippen LogP contribution in [0.3, 0.4) is 0 Å². The Kier molecular flexibility index (Phi) is 5.36. The van der Waals surface area contributed by atoms with E-state index in [0.717, 1.165) is 11.1 Å². The number of rotatable bonds is 8. The Hall–Kier alpha value is -2.79. The van der Waals surface area contributed by atoms with Crippen LogP contribution in [0.15, 0.2) is 55.1 Å². The largest absolute Gasteiger partial charge is 0.489 e. The third kappa shape index (κ3) is 3.83. The van der Waals surface area contributed by atoms with E-state index in [9.17, 15) is 9.90 Å². The molecule has 3 rings (SSSR count). The van der Waals surface area contributed by atoms with E-state index in [1.165, 1.54) is 0 Å². The van der Waals surface area contributed by atoms with Crippen LogP contribution >= 0.6 is 0 Å². The van der Waals surface area contributed by atoms with Crippen LogP contribution < -0.4 is 14.2 Å². The number of ketones is 1. The molecule has 2 aromatic rings. The average Bonchev–Trinajstić information content (AvgIpc) is 3.12. The van der Waals surface area contributed by atoms with Crippen molar-refractivity contribution in [3.05, 3.63) is 66.2 Å². The van der Waals surface area contributed by atoms with Gasteiger partial charge >= 0.3 is 0 Å². The van der Waals surface area contributed by atoms with Gasteiger partial charge in [0.15, 0.2) is 17.3 Å². The van der Waals surface area contributed by atoms with E-state index in [4.69, 9.17) is 14.2 Å². The lowest BCUT2D eigenvalue weighted by Crippen LogP contribution is -2.19. The number of hydrogen-bond donors (Lipinski definition) is 1. The Morgan fingerprint density at radius 2 is 2.04 bits per heavy atom. The fourth-order valence-corrected chi connectivity index (χ4v) is 2.84. The number of para-hydroxylation sites is 1. The molecular weight excluding hydrogens is 320 g/mol. The van der Waals surface area contributed by atoms with E-state index in [1.807, 2.05) is 30.3 Å². The van der Waals surface area contributed by atoms with E-state index in [2.05, 4.69) is 6.58 Å². The molecule has 1 atom stereocenters. The van der Waals surface area contributed by atoms with E-state index in [-0.39, 0.29) is 12.6 Å². The molecule has 1 heterocycles. The molecule has 2 aromatic carbocycles. The Bertz CT molecular complexity index is 768. The van der Waals surface area contributed by atoms with Crippen LogP contribution in [0.5, 0.6) is 17.2 Å². The standard InChI is InChI=1S/C20H20O5/c1-2-9-23-18-6-4-3-5-15(18)10-16(17(22)12-21)14-7-8-19-20(11-14)25-13-24-19/h2-8,11,16,21H,1,9-10,12-13H2. The number of aliphatic hydroxyl groups excluding tert-OH is 1. The van der Waals surface area contributed by atoms with Crippen molar-refractivity contribution in [3.63, 3.8) is 0 Å². The summed E-state index contributed by atoms with van der Waals surface area (Å²) in [5.74, 6) is 1.24. The van der Waals surface area contributed by atoms with E-state index < -0.39 is 12.5 Å². The second kappa shape index (κ2) is 7.85. The van der Waals surface area contributed by atoms with Crippen LogP contribution in [0.2, 0.25) is 0 Å². The van der Waals surface area contributed by atoms with Gasteiger partial charge in [0.2, 0.25) is 6.79 Å². The Morgan fingerprint density at radius 1 is 1.24 bits per heavy atom. The Morgan fingerprint density at radius 3 is 2.84 bits per heavy atom. The Balaban J connectivity index is 1.90. The van der Waals surface area contributed by atoms with Crippen molar-refractivity contribution >= 4 is 5.78 Å². The van der Waals surface area contributed by atoms with E-state index >= 15 is 0 Å². The third-order valence-electron chi connectivity index (χ3n) is 4.10. The van der Waals surface area contributed by atoms with Crippen LogP contribution in [0.4, 0.5) is 0 Å². The molecule has 0 saturated heterocycles. The SMILES string of the molecule is C=CCOc1ccccc1CC(C(=O)CO)c1ccc2c(c1)OCO2. The van der Waals surface area contributed by atoms with Crippen LogP contribution in [-0.2, 0) is 11.2 Å². The highest BCUT2D eigenvalue weighted by Crippen LogP contribution is 2.36. The van der Waals surface area contributed by atoms with E-state index in [1.54, 1.807) is 18.2 Å². The van der Waals surface area contributed by atoms with Crippen molar-refractivity contribution in [1.29, 1.82) is 0 Å². The number of carbonyl (C=O) groups is 1. The van der Waals surface area contributed by atoms with Gasteiger partial charge < -0.3 is 19.3 Å². The van der Waals surface area contributed by atoms with Crippen molar-refractivity contribution in [3.8, 4) is 17.2 Å². The quantitative estimate of drug-likeness (QED) is 0.749. The minimum atomic E-state index is -0.519. The molecule has 0 amide bonds. The summed E-state index contributed by atoms with van der Waals surface area (Å²) in [7, 11) is 0. The van der Waals surface area contributed by atoms with Crippen molar-refractivity contribution in [1.82, 2.24) is 0 Å². The number of fused-ring (bicyclic) bond motifs is 1. The third-order valence-corrected chi connectivity index (χ3v) is 4.10. The molecule has 1 unspecified atom stereocenters. The summed E-state index contributed by atoms with van der Waals surface area (Å²) >= 11 is 0. The maximum atomic E-state index is 12.4. The molecule has 0 aromatic heterocycles. The van der Waals surface area contributed by atoms with Crippen molar-refractivity contribution in [2.45, 2.75) is 12.3 Å². The molecule has 130 valence electrons. The van der Waals surface area contributed by atoms with Crippen molar-refractivity contribution in [2.24, 2.45) is 0 Å². The molecule has 25 heavy (non-hydrogen) atoms. The highest BCUT2D eigenvalue weighted by Gasteiger charge is 2.24. The molecule has 1 aliphatic heterocycles. The van der Waals surface area contributed by atoms with Gasteiger partial charge in [-0.2, -0.15) is 0 Å². The Labute approximate surface area is 146 Å². The molecule has 0 saturated carbocycles. The summed E-state index contributed by atoms with van der Waals surface area (Å²) in [6.45, 7) is 3.70. The maximum absolute atomic E-state index is 12.4. The molecular formula is C20H20O5. The first kappa shape index (κ1) is 17.0. The number of aliphatic hydroxyl groups is 1.